The van der Waals surface area contributed by atoms with Crippen LogP contribution in [0.3, 0.4) is 0 Å². The van der Waals surface area contributed by atoms with Gasteiger partial charge in [-0.15, -0.1) is 0 Å². The number of carbonyl (C=O) groups is 3. The lowest BCUT2D eigenvalue weighted by atomic mass is 10.1. The molecule has 1 aromatic carbocycles. The van der Waals surface area contributed by atoms with Crippen LogP contribution in [0, 0.1) is 0 Å². The predicted molar refractivity (Wildman–Crippen MR) is 65.1 cm³/mol. The molecule has 0 heterocycles. The van der Waals surface area contributed by atoms with E-state index in [-0.39, 0.29) is 12.3 Å². The summed E-state index contributed by atoms with van der Waals surface area (Å²) in [5.41, 5.74) is 1.31. The highest BCUT2D eigenvalue weighted by atomic mass is 16.4. The van der Waals surface area contributed by atoms with Gasteiger partial charge in [-0.25, -0.2) is 0 Å². The van der Waals surface area contributed by atoms with Crippen LogP contribution >= 0.6 is 0 Å². The molecule has 0 spiro atoms. The minimum Gasteiger partial charge on any atom is -0.481 e. The highest BCUT2D eigenvalue weighted by Gasteiger charge is 2.07. The number of carboxylic acids is 1. The first-order valence-electron chi connectivity index (χ1n) is 5.32. The molecule has 96 valence electrons. The van der Waals surface area contributed by atoms with E-state index in [9.17, 15) is 14.4 Å². The van der Waals surface area contributed by atoms with Gasteiger partial charge in [0, 0.05) is 12.7 Å². The van der Waals surface area contributed by atoms with Gasteiger partial charge in [0.15, 0.2) is 0 Å². The second-order valence-electron chi connectivity index (χ2n) is 3.67. The summed E-state index contributed by atoms with van der Waals surface area (Å²) in [4.78, 5) is 32.6. The zero-order chi connectivity index (χ0) is 13.5. The smallest absolute Gasteiger partial charge is 0.312 e. The van der Waals surface area contributed by atoms with E-state index < -0.39 is 18.3 Å². The molecular weight excluding hydrogens is 236 g/mol. The van der Waals surface area contributed by atoms with E-state index in [2.05, 4.69) is 10.6 Å². The van der Waals surface area contributed by atoms with Crippen molar-refractivity contribution >= 4 is 23.5 Å². The van der Waals surface area contributed by atoms with Crippen LogP contribution in [0.4, 0.5) is 5.69 Å². The fraction of sp³-hybridized carbons (Fsp3) is 0.250. The summed E-state index contributed by atoms with van der Waals surface area (Å²) in [5, 5.41) is 13.4. The average Bonchev–Trinajstić information content (AvgIpc) is 2.30. The number of aliphatic carboxylic acids is 1. The topological polar surface area (TPSA) is 95.5 Å². The number of amides is 2. The third-order valence-electron chi connectivity index (χ3n) is 2.19. The SMILES string of the molecule is CNC(=O)Cc1ccc(NC(=O)CC(=O)O)cc1. The van der Waals surface area contributed by atoms with Gasteiger partial charge in [0.25, 0.3) is 0 Å². The highest BCUT2D eigenvalue weighted by molar-refractivity contribution is 6.01. The molecule has 6 nitrogen and oxygen atoms in total. The molecule has 0 saturated carbocycles. The standard InChI is InChI=1S/C12H14N2O4/c1-13-10(15)6-8-2-4-9(5-3-8)14-11(16)7-12(17)18/h2-5H,6-7H2,1H3,(H,13,15)(H,14,16)(H,17,18). The van der Waals surface area contributed by atoms with Crippen molar-refractivity contribution in [1.29, 1.82) is 0 Å². The molecule has 6 heteroatoms. The second-order valence-corrected chi connectivity index (χ2v) is 3.67. The van der Waals surface area contributed by atoms with E-state index in [0.717, 1.165) is 5.56 Å². The lowest BCUT2D eigenvalue weighted by Crippen LogP contribution is -2.20. The van der Waals surface area contributed by atoms with Crippen molar-refractivity contribution < 1.29 is 19.5 Å². The van der Waals surface area contributed by atoms with E-state index in [1.54, 1.807) is 31.3 Å². The van der Waals surface area contributed by atoms with Crippen LogP contribution in [0.2, 0.25) is 0 Å². The van der Waals surface area contributed by atoms with Crippen LogP contribution in [-0.2, 0) is 20.8 Å². The fourth-order valence-electron chi connectivity index (χ4n) is 1.32. The highest BCUT2D eigenvalue weighted by Crippen LogP contribution is 2.10. The largest absolute Gasteiger partial charge is 0.481 e. The molecule has 0 aromatic heterocycles. The number of likely N-dealkylation sites (N-methyl/N-ethyl adjacent to an activating group) is 1. The quantitative estimate of drug-likeness (QED) is 0.659. The normalized spacial score (nSPS) is 9.61. The number of hydrogen-bond donors (Lipinski definition) is 3. The minimum atomic E-state index is -1.18. The summed E-state index contributed by atoms with van der Waals surface area (Å²) in [6, 6.07) is 6.65. The second kappa shape index (κ2) is 6.39. The Morgan fingerprint density at radius 3 is 2.22 bits per heavy atom. The lowest BCUT2D eigenvalue weighted by Gasteiger charge is -2.05. The monoisotopic (exact) mass is 250 g/mol. The summed E-state index contributed by atoms with van der Waals surface area (Å²) in [5.74, 6) is -1.86. The van der Waals surface area contributed by atoms with Crippen molar-refractivity contribution in [3.63, 3.8) is 0 Å². The number of benzene rings is 1. The molecule has 0 aliphatic heterocycles. The third-order valence-corrected chi connectivity index (χ3v) is 2.19. The molecule has 3 N–H and O–H groups in total. The van der Waals surface area contributed by atoms with Crippen molar-refractivity contribution in [2.24, 2.45) is 0 Å². The van der Waals surface area contributed by atoms with E-state index in [1.165, 1.54) is 0 Å². The zero-order valence-electron chi connectivity index (χ0n) is 9.90. The maximum absolute atomic E-state index is 11.2. The van der Waals surface area contributed by atoms with Gasteiger partial charge < -0.3 is 15.7 Å². The number of carbonyl (C=O) groups excluding carboxylic acids is 2. The van der Waals surface area contributed by atoms with Crippen LogP contribution in [0.5, 0.6) is 0 Å². The Morgan fingerprint density at radius 1 is 1.11 bits per heavy atom. The summed E-state index contributed by atoms with van der Waals surface area (Å²) < 4.78 is 0. The molecule has 0 unspecified atom stereocenters. The number of anilines is 1. The summed E-state index contributed by atoms with van der Waals surface area (Å²) in [7, 11) is 1.56. The van der Waals surface area contributed by atoms with Gasteiger partial charge in [0.2, 0.25) is 11.8 Å². The number of carboxylic acid groups (broad SMARTS) is 1. The Bertz CT molecular complexity index is 454. The molecule has 1 aromatic rings. The Hall–Kier alpha value is -2.37. The molecule has 0 saturated heterocycles. The summed E-state index contributed by atoms with van der Waals surface area (Å²) in [6.07, 6.45) is -0.306. The third kappa shape index (κ3) is 4.65. The van der Waals surface area contributed by atoms with E-state index in [0.29, 0.717) is 5.69 Å². The van der Waals surface area contributed by atoms with Gasteiger partial charge in [-0.3, -0.25) is 14.4 Å². The van der Waals surface area contributed by atoms with Gasteiger partial charge in [-0.05, 0) is 17.7 Å². The number of rotatable bonds is 5. The Kier molecular flexibility index (Phi) is 4.86. The van der Waals surface area contributed by atoms with Gasteiger partial charge in [0.05, 0.1) is 6.42 Å². The first-order valence-corrected chi connectivity index (χ1v) is 5.32. The average molecular weight is 250 g/mol. The van der Waals surface area contributed by atoms with Crippen LogP contribution in [0.1, 0.15) is 12.0 Å². The molecular formula is C12H14N2O4. The van der Waals surface area contributed by atoms with Crippen molar-refractivity contribution in [3.8, 4) is 0 Å². The van der Waals surface area contributed by atoms with Crippen molar-refractivity contribution in [2.45, 2.75) is 12.8 Å². The summed E-state index contributed by atoms with van der Waals surface area (Å²) in [6.45, 7) is 0. The van der Waals surface area contributed by atoms with E-state index >= 15 is 0 Å². The maximum atomic E-state index is 11.2. The van der Waals surface area contributed by atoms with Gasteiger partial charge in [-0.2, -0.15) is 0 Å². The van der Waals surface area contributed by atoms with Crippen molar-refractivity contribution in [2.75, 3.05) is 12.4 Å². The molecule has 0 bridgehead atoms. The van der Waals surface area contributed by atoms with Gasteiger partial charge in [0.1, 0.15) is 6.42 Å². The molecule has 1 rings (SSSR count). The Labute approximate surface area is 104 Å². The van der Waals surface area contributed by atoms with Gasteiger partial charge >= 0.3 is 5.97 Å². The molecule has 0 aliphatic rings. The number of nitrogens with one attached hydrogen (secondary N) is 2. The first-order chi connectivity index (χ1) is 8.51. The molecule has 18 heavy (non-hydrogen) atoms. The Morgan fingerprint density at radius 2 is 1.72 bits per heavy atom. The molecule has 0 atom stereocenters. The Balaban J connectivity index is 2.57. The number of hydrogen-bond acceptors (Lipinski definition) is 3. The van der Waals surface area contributed by atoms with Crippen molar-refractivity contribution in [3.05, 3.63) is 29.8 Å². The molecule has 2 amide bonds. The van der Waals surface area contributed by atoms with Crippen LogP contribution in [0.25, 0.3) is 0 Å². The molecule has 0 fully saturated rings. The zero-order valence-corrected chi connectivity index (χ0v) is 9.90. The predicted octanol–water partition coefficient (Wildman–Crippen LogP) is 0.388. The minimum absolute atomic E-state index is 0.0994. The lowest BCUT2D eigenvalue weighted by molar-refractivity contribution is -0.139. The molecule has 0 radical (unpaired) electrons. The van der Waals surface area contributed by atoms with Crippen LogP contribution in [0.15, 0.2) is 24.3 Å². The fourth-order valence-corrected chi connectivity index (χ4v) is 1.32. The van der Waals surface area contributed by atoms with E-state index in [1.807, 2.05) is 0 Å². The van der Waals surface area contributed by atoms with Crippen molar-refractivity contribution in [1.82, 2.24) is 5.32 Å². The van der Waals surface area contributed by atoms with Gasteiger partial charge in [-0.1, -0.05) is 12.1 Å². The van der Waals surface area contributed by atoms with Crippen LogP contribution < -0.4 is 10.6 Å². The van der Waals surface area contributed by atoms with Crippen LogP contribution in [-0.4, -0.2) is 29.9 Å². The van der Waals surface area contributed by atoms with E-state index in [4.69, 9.17) is 5.11 Å². The molecule has 0 aliphatic carbocycles. The first kappa shape index (κ1) is 13.7. The maximum Gasteiger partial charge on any atom is 0.312 e. The summed E-state index contributed by atoms with van der Waals surface area (Å²) >= 11 is 0.